The molecule has 0 radical (unpaired) electrons. The van der Waals surface area contributed by atoms with E-state index in [2.05, 4.69) is 9.68 Å². The van der Waals surface area contributed by atoms with Crippen molar-refractivity contribution in [3.05, 3.63) is 47.3 Å². The molecule has 1 aromatic carbocycles. The fraction of sp³-hybridized carbons (Fsp3) is 0.412. The van der Waals surface area contributed by atoms with E-state index in [1.165, 1.54) is 38.4 Å². The first-order valence-electron chi connectivity index (χ1n) is 8.55. The minimum absolute atomic E-state index is 0.0248. The van der Waals surface area contributed by atoms with Gasteiger partial charge in [0.05, 0.1) is 29.0 Å². The summed E-state index contributed by atoms with van der Waals surface area (Å²) >= 11 is 0. The number of ketones is 1. The lowest BCUT2D eigenvalue weighted by Crippen LogP contribution is -2.39. The molecule has 0 bridgehead atoms. The molecular formula is C17H20N2O6S2. The van der Waals surface area contributed by atoms with E-state index in [0.29, 0.717) is 14.8 Å². The maximum atomic E-state index is 12.6. The van der Waals surface area contributed by atoms with Crippen molar-refractivity contribution in [3.63, 3.8) is 0 Å². The van der Waals surface area contributed by atoms with E-state index >= 15 is 0 Å². The fourth-order valence-electron chi connectivity index (χ4n) is 2.77. The van der Waals surface area contributed by atoms with Crippen LogP contribution in [0.25, 0.3) is 0 Å². The lowest BCUT2D eigenvalue weighted by atomic mass is 10.00. The summed E-state index contributed by atoms with van der Waals surface area (Å²) in [6.45, 7) is 2.79. The number of carbonyl (C=O) groups is 1. The molecule has 0 unspecified atom stereocenters. The van der Waals surface area contributed by atoms with Crippen LogP contribution in [-0.2, 0) is 20.0 Å². The van der Waals surface area contributed by atoms with Gasteiger partial charge in [0.25, 0.3) is 0 Å². The van der Waals surface area contributed by atoms with Gasteiger partial charge in [-0.05, 0) is 56.4 Å². The summed E-state index contributed by atoms with van der Waals surface area (Å²) in [5.74, 6) is -1.00. The summed E-state index contributed by atoms with van der Waals surface area (Å²) in [7, 11) is -8.10. The summed E-state index contributed by atoms with van der Waals surface area (Å²) in [5, 5.41) is 3.51. The van der Waals surface area contributed by atoms with Crippen LogP contribution < -0.4 is 3.71 Å². The molecule has 0 N–H and O–H groups in total. The van der Waals surface area contributed by atoms with Crippen LogP contribution in [0.1, 0.15) is 54.1 Å². The lowest BCUT2D eigenvalue weighted by Gasteiger charge is -2.25. The molecule has 1 fully saturated rings. The summed E-state index contributed by atoms with van der Waals surface area (Å²) < 4.78 is 55.5. The molecule has 0 amide bonds. The molecule has 146 valence electrons. The Morgan fingerprint density at radius 3 is 2.22 bits per heavy atom. The van der Waals surface area contributed by atoms with Gasteiger partial charge in [-0.25, -0.2) is 16.8 Å². The molecule has 1 aromatic heterocycles. The van der Waals surface area contributed by atoms with Crippen molar-refractivity contribution in [1.82, 2.24) is 5.16 Å². The second-order valence-electron chi connectivity index (χ2n) is 6.29. The first-order valence-corrected chi connectivity index (χ1v) is 11.8. The molecular weight excluding hydrogens is 392 g/mol. The Balaban J connectivity index is 2.16. The van der Waals surface area contributed by atoms with Crippen molar-refractivity contribution in [2.45, 2.75) is 32.6 Å². The van der Waals surface area contributed by atoms with E-state index in [1.807, 2.05) is 0 Å². The molecule has 27 heavy (non-hydrogen) atoms. The summed E-state index contributed by atoms with van der Waals surface area (Å²) in [5.41, 5.74) is 1.24. The molecule has 1 saturated carbocycles. The average Bonchev–Trinajstić information content (AvgIpc) is 3.34. The van der Waals surface area contributed by atoms with Gasteiger partial charge in [-0.2, -0.15) is 3.71 Å². The Labute approximate surface area is 158 Å². The number of carbonyl (C=O) groups excluding carboxylic acids is 1. The van der Waals surface area contributed by atoms with E-state index < -0.39 is 20.0 Å². The van der Waals surface area contributed by atoms with Crippen LogP contribution in [0.5, 0.6) is 0 Å². The van der Waals surface area contributed by atoms with Crippen molar-refractivity contribution >= 4 is 31.5 Å². The Hall–Kier alpha value is -2.20. The molecule has 0 spiro atoms. The zero-order chi connectivity index (χ0) is 19.8. The second kappa shape index (κ2) is 7.08. The first-order chi connectivity index (χ1) is 12.7. The largest absolute Gasteiger partial charge is 0.364 e. The van der Waals surface area contributed by atoms with Gasteiger partial charge in [0.15, 0.2) is 5.78 Å². The number of sulfonamides is 2. The predicted octanol–water partition coefficient (Wildman–Crippen LogP) is 2.29. The normalized spacial score (nSPS) is 14.9. The third-order valence-electron chi connectivity index (χ3n) is 4.43. The van der Waals surface area contributed by atoms with Crippen LogP contribution in [0.3, 0.4) is 0 Å². The van der Waals surface area contributed by atoms with Crippen molar-refractivity contribution in [2.24, 2.45) is 0 Å². The van der Waals surface area contributed by atoms with Crippen molar-refractivity contribution < 1.29 is 26.2 Å². The SMILES string of the molecule is CCS(=O)(=O)N(c1ccc(C(=O)c2cnoc2)cc1C1CC1)S(=O)(=O)CC. The van der Waals surface area contributed by atoms with Gasteiger partial charge in [-0.15, -0.1) is 0 Å². The Morgan fingerprint density at radius 2 is 1.74 bits per heavy atom. The highest BCUT2D eigenvalue weighted by molar-refractivity contribution is 8.10. The maximum Gasteiger partial charge on any atom is 0.247 e. The van der Waals surface area contributed by atoms with Gasteiger partial charge in [0.1, 0.15) is 6.26 Å². The van der Waals surface area contributed by atoms with Gasteiger partial charge in [0, 0.05) is 5.56 Å². The standard InChI is InChI=1S/C17H20N2O6S2/c1-3-26(21,22)19(27(23,24)4-2)16-8-7-13(9-15(16)12-5-6-12)17(20)14-10-18-25-11-14/h7-12H,3-6H2,1-2H3. The van der Waals surface area contributed by atoms with E-state index in [0.717, 1.165) is 12.8 Å². The third-order valence-corrected chi connectivity index (χ3v) is 8.66. The van der Waals surface area contributed by atoms with Crippen LogP contribution in [0, 0.1) is 0 Å². The van der Waals surface area contributed by atoms with E-state index in [9.17, 15) is 21.6 Å². The topological polar surface area (TPSA) is 115 Å². The predicted molar refractivity (Wildman–Crippen MR) is 99.8 cm³/mol. The Kier molecular flexibility index (Phi) is 5.13. The molecule has 0 aliphatic heterocycles. The number of anilines is 1. The summed E-state index contributed by atoms with van der Waals surface area (Å²) in [6, 6.07) is 4.40. The highest BCUT2D eigenvalue weighted by Crippen LogP contribution is 2.46. The van der Waals surface area contributed by atoms with Crippen molar-refractivity contribution in [2.75, 3.05) is 15.2 Å². The molecule has 3 rings (SSSR count). The Bertz CT molecular complexity index is 1020. The lowest BCUT2D eigenvalue weighted by molar-refractivity contribution is 0.103. The Morgan fingerprint density at radius 1 is 1.11 bits per heavy atom. The number of hydrogen-bond donors (Lipinski definition) is 0. The minimum atomic E-state index is -4.05. The van der Waals surface area contributed by atoms with E-state index in [4.69, 9.17) is 0 Å². The molecule has 1 aliphatic rings. The fourth-order valence-corrected chi connectivity index (χ4v) is 6.19. The van der Waals surface area contributed by atoms with Crippen molar-refractivity contribution in [3.8, 4) is 0 Å². The first kappa shape index (κ1) is 19.6. The molecule has 0 atom stereocenters. The number of benzene rings is 1. The van der Waals surface area contributed by atoms with Crippen LogP contribution in [-0.4, -0.2) is 39.3 Å². The second-order valence-corrected chi connectivity index (χ2v) is 10.7. The smallest absolute Gasteiger partial charge is 0.247 e. The van der Waals surface area contributed by atoms with Gasteiger partial charge in [-0.1, -0.05) is 5.16 Å². The molecule has 1 aliphatic carbocycles. The molecule has 1 heterocycles. The molecule has 0 saturated heterocycles. The zero-order valence-electron chi connectivity index (χ0n) is 15.0. The third kappa shape index (κ3) is 3.77. The van der Waals surface area contributed by atoms with Gasteiger partial charge in [0.2, 0.25) is 20.0 Å². The van der Waals surface area contributed by atoms with Crippen LogP contribution in [0.2, 0.25) is 0 Å². The quantitative estimate of drug-likeness (QED) is 0.611. The zero-order valence-corrected chi connectivity index (χ0v) is 16.6. The van der Waals surface area contributed by atoms with Crippen LogP contribution >= 0.6 is 0 Å². The molecule has 8 nitrogen and oxygen atoms in total. The number of hydrogen-bond acceptors (Lipinski definition) is 7. The van der Waals surface area contributed by atoms with Gasteiger partial charge >= 0.3 is 0 Å². The van der Waals surface area contributed by atoms with Crippen LogP contribution in [0.15, 0.2) is 35.2 Å². The number of aromatic nitrogens is 1. The highest BCUT2D eigenvalue weighted by atomic mass is 32.3. The van der Waals surface area contributed by atoms with E-state index in [1.54, 1.807) is 6.07 Å². The van der Waals surface area contributed by atoms with Gasteiger partial charge in [-0.3, -0.25) is 4.79 Å². The molecule has 10 heteroatoms. The number of nitrogens with zero attached hydrogens (tertiary/aromatic N) is 2. The summed E-state index contributed by atoms with van der Waals surface area (Å²) in [4.78, 5) is 12.5. The minimum Gasteiger partial charge on any atom is -0.364 e. The monoisotopic (exact) mass is 412 g/mol. The van der Waals surface area contributed by atoms with Crippen molar-refractivity contribution in [1.29, 1.82) is 0 Å². The van der Waals surface area contributed by atoms with E-state index in [-0.39, 0.29) is 34.5 Å². The number of rotatable bonds is 8. The highest BCUT2D eigenvalue weighted by Gasteiger charge is 2.37. The molecule has 2 aromatic rings. The summed E-state index contributed by atoms with van der Waals surface area (Å²) in [6.07, 6.45) is 4.14. The average molecular weight is 412 g/mol. The van der Waals surface area contributed by atoms with Gasteiger partial charge < -0.3 is 4.52 Å². The maximum absolute atomic E-state index is 12.6. The van der Waals surface area contributed by atoms with Crippen LogP contribution in [0.4, 0.5) is 5.69 Å².